The number of hydrogen-bond acceptors (Lipinski definition) is 4. The molecule has 1 saturated heterocycles. The molecule has 5 rings (SSSR count). The molecule has 4 aromatic rings. The van der Waals surface area contributed by atoms with E-state index >= 15 is 0 Å². The molecule has 0 saturated carbocycles. The average molecular weight is 468 g/mol. The highest BCUT2D eigenvalue weighted by atomic mass is 16.2. The molecule has 1 aliphatic heterocycles. The van der Waals surface area contributed by atoms with Gasteiger partial charge in [0.05, 0.1) is 12.8 Å². The number of piperazine rings is 1. The molecule has 6 heteroatoms. The van der Waals surface area contributed by atoms with Crippen LogP contribution in [0.5, 0.6) is 0 Å². The van der Waals surface area contributed by atoms with Gasteiger partial charge in [-0.3, -0.25) is 14.6 Å². The number of para-hydroxylation sites is 1. The number of carbonyl (C=O) groups is 1. The second kappa shape index (κ2) is 10.4. The van der Waals surface area contributed by atoms with Crippen molar-refractivity contribution < 1.29 is 4.79 Å². The van der Waals surface area contributed by atoms with E-state index in [0.29, 0.717) is 6.54 Å². The minimum absolute atomic E-state index is 0.0723. The van der Waals surface area contributed by atoms with Crippen LogP contribution in [0.25, 0.3) is 21.8 Å². The Balaban J connectivity index is 1.14. The maximum Gasteiger partial charge on any atom is 0.254 e. The smallest absolute Gasteiger partial charge is 0.254 e. The maximum atomic E-state index is 12.5. The third-order valence-electron chi connectivity index (χ3n) is 6.87. The minimum atomic E-state index is -0.0723. The molecule has 180 valence electrons. The van der Waals surface area contributed by atoms with Crippen molar-refractivity contribution >= 4 is 33.9 Å². The summed E-state index contributed by atoms with van der Waals surface area (Å²) in [5.74, 6) is -0.0723. The van der Waals surface area contributed by atoms with Crippen LogP contribution in [0.4, 0.5) is 0 Å². The van der Waals surface area contributed by atoms with Crippen molar-refractivity contribution in [2.24, 2.45) is 5.10 Å². The van der Waals surface area contributed by atoms with Gasteiger partial charge < -0.3 is 4.57 Å². The quantitative estimate of drug-likeness (QED) is 0.324. The van der Waals surface area contributed by atoms with E-state index in [0.717, 1.165) is 44.8 Å². The molecule has 3 aromatic carbocycles. The first kappa shape index (κ1) is 23.3. The van der Waals surface area contributed by atoms with Gasteiger partial charge >= 0.3 is 0 Å². The van der Waals surface area contributed by atoms with Crippen molar-refractivity contribution in [3.05, 3.63) is 83.4 Å². The van der Waals surface area contributed by atoms with Gasteiger partial charge in [0.2, 0.25) is 0 Å². The average Bonchev–Trinajstić information content (AvgIpc) is 3.19. The third-order valence-corrected chi connectivity index (χ3v) is 6.87. The Bertz CT molecular complexity index is 1350. The summed E-state index contributed by atoms with van der Waals surface area (Å²) in [5.41, 5.74) is 8.77. The molecule has 1 N–H and O–H groups in total. The summed E-state index contributed by atoms with van der Waals surface area (Å²) in [6, 6.07) is 23.5. The van der Waals surface area contributed by atoms with Gasteiger partial charge in [-0.05, 0) is 43.2 Å². The number of aryl methyl sites for hydroxylation is 2. The topological polar surface area (TPSA) is 52.9 Å². The number of hydrogen-bond donors (Lipinski definition) is 1. The molecule has 0 unspecified atom stereocenters. The number of carbonyl (C=O) groups excluding carboxylic acids is 1. The van der Waals surface area contributed by atoms with Gasteiger partial charge in [-0.2, -0.15) is 5.10 Å². The number of fused-ring (bicyclic) bond motifs is 3. The van der Waals surface area contributed by atoms with Gasteiger partial charge in [0.15, 0.2) is 0 Å². The summed E-state index contributed by atoms with van der Waals surface area (Å²) in [6.45, 7) is 10.3. The Morgan fingerprint density at radius 2 is 1.63 bits per heavy atom. The van der Waals surface area contributed by atoms with Gasteiger partial charge in [0, 0.05) is 61.1 Å². The first-order valence-electron chi connectivity index (χ1n) is 12.4. The Labute approximate surface area is 206 Å². The monoisotopic (exact) mass is 467 g/mol. The summed E-state index contributed by atoms with van der Waals surface area (Å²) in [6.07, 6.45) is 1.73. The van der Waals surface area contributed by atoms with E-state index in [4.69, 9.17) is 0 Å². The van der Waals surface area contributed by atoms with Gasteiger partial charge in [-0.15, -0.1) is 0 Å². The van der Waals surface area contributed by atoms with Gasteiger partial charge in [0.25, 0.3) is 5.91 Å². The van der Waals surface area contributed by atoms with E-state index in [1.165, 1.54) is 32.9 Å². The number of nitrogens with one attached hydrogen (secondary N) is 1. The number of aromatic nitrogens is 1. The summed E-state index contributed by atoms with van der Waals surface area (Å²) < 4.78 is 2.33. The molecule has 1 aromatic heterocycles. The molecule has 1 amide bonds. The molecule has 0 bridgehead atoms. The van der Waals surface area contributed by atoms with Crippen LogP contribution >= 0.6 is 0 Å². The summed E-state index contributed by atoms with van der Waals surface area (Å²) in [5, 5.41) is 6.68. The van der Waals surface area contributed by atoms with Gasteiger partial charge in [-0.25, -0.2) is 5.43 Å². The number of hydrazone groups is 1. The lowest BCUT2D eigenvalue weighted by Gasteiger charge is -2.34. The van der Waals surface area contributed by atoms with E-state index in [1.807, 2.05) is 0 Å². The fraction of sp³-hybridized carbons (Fsp3) is 0.310. The van der Waals surface area contributed by atoms with Crippen LogP contribution in [0.3, 0.4) is 0 Å². The van der Waals surface area contributed by atoms with Crippen LogP contribution in [-0.4, -0.2) is 59.2 Å². The SMILES string of the molecule is CCn1c2ccccc2c2cc(/C=N/NC(=O)CN3CCN(Cc4ccc(C)cc4)CC3)ccc21. The Kier molecular flexibility index (Phi) is 6.93. The lowest BCUT2D eigenvalue weighted by molar-refractivity contribution is -0.122. The predicted molar refractivity (Wildman–Crippen MR) is 144 cm³/mol. The zero-order valence-corrected chi connectivity index (χ0v) is 20.6. The van der Waals surface area contributed by atoms with Crippen molar-refractivity contribution in [3.63, 3.8) is 0 Å². The second-order valence-corrected chi connectivity index (χ2v) is 9.37. The van der Waals surface area contributed by atoms with Crippen molar-refractivity contribution in [1.29, 1.82) is 0 Å². The molecular formula is C29H33N5O. The third kappa shape index (κ3) is 5.29. The van der Waals surface area contributed by atoms with E-state index in [-0.39, 0.29) is 5.91 Å². The normalized spacial score (nSPS) is 15.4. The molecule has 6 nitrogen and oxygen atoms in total. The predicted octanol–water partition coefficient (Wildman–Crippen LogP) is 4.39. The van der Waals surface area contributed by atoms with E-state index in [9.17, 15) is 4.79 Å². The molecule has 0 atom stereocenters. The zero-order valence-electron chi connectivity index (χ0n) is 20.6. The van der Waals surface area contributed by atoms with Crippen LogP contribution in [0, 0.1) is 6.92 Å². The van der Waals surface area contributed by atoms with Crippen LogP contribution in [0.2, 0.25) is 0 Å². The maximum absolute atomic E-state index is 12.5. The Morgan fingerprint density at radius 1 is 0.914 bits per heavy atom. The van der Waals surface area contributed by atoms with Crippen LogP contribution < -0.4 is 5.43 Å². The fourth-order valence-electron chi connectivity index (χ4n) is 4.97. The molecule has 1 fully saturated rings. The van der Waals surface area contributed by atoms with Crippen molar-refractivity contribution in [3.8, 4) is 0 Å². The molecule has 0 aliphatic carbocycles. The lowest BCUT2D eigenvalue weighted by Crippen LogP contribution is -2.48. The van der Waals surface area contributed by atoms with Crippen LogP contribution in [-0.2, 0) is 17.9 Å². The molecule has 2 heterocycles. The molecule has 0 radical (unpaired) electrons. The van der Waals surface area contributed by atoms with Crippen molar-refractivity contribution in [2.75, 3.05) is 32.7 Å². The summed E-state index contributed by atoms with van der Waals surface area (Å²) in [4.78, 5) is 17.1. The highest BCUT2D eigenvalue weighted by Crippen LogP contribution is 2.29. The Hall–Kier alpha value is -3.48. The minimum Gasteiger partial charge on any atom is -0.341 e. The highest BCUT2D eigenvalue weighted by Gasteiger charge is 2.19. The lowest BCUT2D eigenvalue weighted by atomic mass is 10.1. The van der Waals surface area contributed by atoms with Crippen LogP contribution in [0.15, 0.2) is 71.8 Å². The largest absolute Gasteiger partial charge is 0.341 e. The van der Waals surface area contributed by atoms with Gasteiger partial charge in [0.1, 0.15) is 0 Å². The van der Waals surface area contributed by atoms with Crippen molar-refractivity contribution in [2.45, 2.75) is 26.9 Å². The van der Waals surface area contributed by atoms with Gasteiger partial charge in [-0.1, -0.05) is 54.1 Å². The number of nitrogens with zero attached hydrogens (tertiary/aromatic N) is 4. The molecular weight excluding hydrogens is 434 g/mol. The number of rotatable bonds is 7. The highest BCUT2D eigenvalue weighted by molar-refractivity contribution is 6.09. The van der Waals surface area contributed by atoms with E-state index < -0.39 is 0 Å². The fourth-order valence-corrected chi connectivity index (χ4v) is 4.97. The summed E-state index contributed by atoms with van der Waals surface area (Å²) in [7, 11) is 0. The second-order valence-electron chi connectivity index (χ2n) is 9.37. The zero-order chi connectivity index (χ0) is 24.2. The first-order chi connectivity index (χ1) is 17.1. The Morgan fingerprint density at radius 3 is 2.40 bits per heavy atom. The van der Waals surface area contributed by atoms with Crippen molar-refractivity contribution in [1.82, 2.24) is 19.8 Å². The molecule has 1 aliphatic rings. The first-order valence-corrected chi connectivity index (χ1v) is 12.4. The van der Waals surface area contributed by atoms with E-state index in [2.05, 4.69) is 105 Å². The number of benzene rings is 3. The number of amides is 1. The molecule has 0 spiro atoms. The summed E-state index contributed by atoms with van der Waals surface area (Å²) >= 11 is 0. The molecule has 35 heavy (non-hydrogen) atoms. The standard InChI is InChI=1S/C29H33N5O/c1-3-34-27-7-5-4-6-25(27)26-18-24(12-13-28(26)34)19-30-31-29(35)21-33-16-14-32(15-17-33)20-23-10-8-22(2)9-11-23/h4-13,18-19H,3,14-17,20-21H2,1-2H3,(H,31,35)/b30-19+. The van der Waals surface area contributed by atoms with E-state index in [1.54, 1.807) is 6.21 Å². The van der Waals surface area contributed by atoms with Crippen LogP contribution in [0.1, 0.15) is 23.6 Å².